The zero-order chi connectivity index (χ0) is 25.2. The molecule has 0 atom stereocenters. The first kappa shape index (κ1) is 23.5. The van der Waals surface area contributed by atoms with E-state index in [9.17, 15) is 4.79 Å². The van der Waals surface area contributed by atoms with Crippen LogP contribution in [0.4, 0.5) is 0 Å². The monoisotopic (exact) mass is 599 g/mol. The van der Waals surface area contributed by atoms with E-state index >= 15 is 0 Å². The van der Waals surface area contributed by atoms with Crippen LogP contribution in [0.15, 0.2) is 85.3 Å². The summed E-state index contributed by atoms with van der Waals surface area (Å²) >= 11 is 2.26. The molecule has 0 N–H and O–H groups in total. The molecule has 0 bridgehead atoms. The summed E-state index contributed by atoms with van der Waals surface area (Å²) in [6.07, 6.45) is 6.07. The molecule has 182 valence electrons. The third kappa shape index (κ3) is 5.15. The van der Waals surface area contributed by atoms with Crippen molar-refractivity contribution in [3.8, 4) is 17.1 Å². The van der Waals surface area contributed by atoms with Crippen molar-refractivity contribution in [2.45, 2.75) is 19.6 Å². The van der Waals surface area contributed by atoms with Crippen LogP contribution in [0.2, 0.25) is 0 Å². The molecule has 3 aromatic heterocycles. The summed E-state index contributed by atoms with van der Waals surface area (Å²) in [6.45, 7) is 1.41. The van der Waals surface area contributed by atoms with Crippen molar-refractivity contribution in [1.82, 2.24) is 24.8 Å². The number of hydrogen-bond acceptors (Lipinski definition) is 6. The van der Waals surface area contributed by atoms with Crippen molar-refractivity contribution >= 4 is 39.4 Å². The summed E-state index contributed by atoms with van der Waals surface area (Å²) in [5, 5.41) is 1.04. The lowest BCUT2D eigenvalue weighted by atomic mass is 10.1. The molecule has 4 heterocycles. The normalized spacial score (nSPS) is 12.8. The van der Waals surface area contributed by atoms with Gasteiger partial charge in [0.2, 0.25) is 0 Å². The van der Waals surface area contributed by atoms with Crippen molar-refractivity contribution < 1.29 is 9.53 Å². The van der Waals surface area contributed by atoms with Gasteiger partial charge in [0.05, 0.1) is 17.8 Å². The van der Waals surface area contributed by atoms with Crippen LogP contribution in [0, 0.1) is 3.57 Å². The second-order valence-corrected chi connectivity index (χ2v) is 10.1. The number of pyridine rings is 2. The van der Waals surface area contributed by atoms with Crippen molar-refractivity contribution in [2.75, 3.05) is 6.54 Å². The average molecular weight is 599 g/mol. The smallest absolute Gasteiger partial charge is 0.272 e. The fourth-order valence-corrected chi connectivity index (χ4v) is 4.66. The van der Waals surface area contributed by atoms with Gasteiger partial charge in [0.25, 0.3) is 5.91 Å². The summed E-state index contributed by atoms with van der Waals surface area (Å²) in [5.41, 5.74) is 5.03. The molecule has 0 fully saturated rings. The minimum absolute atomic E-state index is 0.108. The van der Waals surface area contributed by atoms with Gasteiger partial charge in [-0.2, -0.15) is 0 Å². The van der Waals surface area contributed by atoms with Crippen molar-refractivity contribution in [2.24, 2.45) is 0 Å². The number of ether oxygens (including phenoxy) is 1. The van der Waals surface area contributed by atoms with Crippen molar-refractivity contribution in [3.63, 3.8) is 0 Å². The van der Waals surface area contributed by atoms with Crippen LogP contribution < -0.4 is 4.74 Å². The Balaban J connectivity index is 1.15. The van der Waals surface area contributed by atoms with Gasteiger partial charge >= 0.3 is 0 Å². The zero-order valence-electron chi connectivity index (χ0n) is 19.8. The number of halogens is 1. The standard InChI is InChI=1S/C29H22IN5O2/c30-23-6-8-24(9-7-23)37-18-19-5-10-26(31-14-19)29(36)35-12-11-21-15-33-28(34-27(21)17-35)22-13-20-3-1-2-4-25(20)32-16-22/h1-10,13-16H,11-12,17-18H2. The number of amides is 1. The van der Waals surface area contributed by atoms with E-state index in [1.807, 2.05) is 66.9 Å². The highest BCUT2D eigenvalue weighted by Gasteiger charge is 2.24. The fourth-order valence-electron chi connectivity index (χ4n) is 4.30. The Bertz CT molecular complexity index is 1590. The molecule has 0 radical (unpaired) electrons. The Labute approximate surface area is 227 Å². The molecular weight excluding hydrogens is 577 g/mol. The molecule has 37 heavy (non-hydrogen) atoms. The molecule has 0 aliphatic carbocycles. The SMILES string of the molecule is O=C(c1ccc(COc2ccc(I)cc2)cn1)N1CCc2cnc(-c3cnc4ccccc4c3)nc2C1. The molecule has 5 aromatic rings. The molecule has 0 spiro atoms. The molecule has 1 aliphatic rings. The van der Waals surface area contributed by atoms with Crippen LogP contribution in [-0.2, 0) is 19.6 Å². The minimum atomic E-state index is -0.108. The Morgan fingerprint density at radius 1 is 0.946 bits per heavy atom. The van der Waals surface area contributed by atoms with Crippen LogP contribution in [0.5, 0.6) is 5.75 Å². The summed E-state index contributed by atoms with van der Waals surface area (Å²) in [4.78, 5) is 33.3. The molecule has 6 rings (SSSR count). The van der Waals surface area contributed by atoms with Crippen LogP contribution in [-0.4, -0.2) is 37.3 Å². The number of benzene rings is 2. The molecule has 1 amide bonds. The number of fused-ring (bicyclic) bond motifs is 2. The summed E-state index contributed by atoms with van der Waals surface area (Å²) in [7, 11) is 0. The van der Waals surface area contributed by atoms with Crippen LogP contribution in [0.25, 0.3) is 22.3 Å². The minimum Gasteiger partial charge on any atom is -0.489 e. The lowest BCUT2D eigenvalue weighted by Crippen LogP contribution is -2.37. The summed E-state index contributed by atoms with van der Waals surface area (Å²) < 4.78 is 6.97. The number of hydrogen-bond donors (Lipinski definition) is 0. The lowest BCUT2D eigenvalue weighted by Gasteiger charge is -2.28. The van der Waals surface area contributed by atoms with Crippen LogP contribution in [0.1, 0.15) is 27.3 Å². The van der Waals surface area contributed by atoms with E-state index in [4.69, 9.17) is 9.72 Å². The third-order valence-corrected chi connectivity index (χ3v) is 7.06. The van der Waals surface area contributed by atoms with Gasteiger partial charge in [-0.1, -0.05) is 24.3 Å². The van der Waals surface area contributed by atoms with E-state index in [0.29, 0.717) is 37.6 Å². The zero-order valence-corrected chi connectivity index (χ0v) is 22.0. The van der Waals surface area contributed by atoms with Gasteiger partial charge in [-0.05, 0) is 77.0 Å². The quantitative estimate of drug-likeness (QED) is 0.250. The van der Waals surface area contributed by atoms with Crippen LogP contribution >= 0.6 is 22.6 Å². The van der Waals surface area contributed by atoms with Gasteiger partial charge in [-0.15, -0.1) is 0 Å². The summed E-state index contributed by atoms with van der Waals surface area (Å²) in [5.74, 6) is 1.30. The maximum absolute atomic E-state index is 13.2. The lowest BCUT2D eigenvalue weighted by molar-refractivity contribution is 0.0725. The molecule has 2 aromatic carbocycles. The topological polar surface area (TPSA) is 81.1 Å². The second kappa shape index (κ2) is 10.2. The molecule has 7 nitrogen and oxygen atoms in total. The maximum atomic E-state index is 13.2. The molecular formula is C29H22IN5O2. The highest BCUT2D eigenvalue weighted by Crippen LogP contribution is 2.24. The van der Waals surface area contributed by atoms with Gasteiger partial charge in [0.15, 0.2) is 5.82 Å². The van der Waals surface area contributed by atoms with E-state index in [-0.39, 0.29) is 5.91 Å². The Morgan fingerprint density at radius 3 is 2.65 bits per heavy atom. The first-order chi connectivity index (χ1) is 18.1. The first-order valence-corrected chi connectivity index (χ1v) is 13.0. The van der Waals surface area contributed by atoms with E-state index in [0.717, 1.165) is 42.6 Å². The van der Waals surface area contributed by atoms with E-state index in [2.05, 4.69) is 37.5 Å². The van der Waals surface area contributed by atoms with Gasteiger partial charge in [0, 0.05) is 45.2 Å². The number of carbonyl (C=O) groups is 1. The Kier molecular flexibility index (Phi) is 6.48. The molecule has 1 aliphatic heterocycles. The van der Waals surface area contributed by atoms with Crippen molar-refractivity contribution in [1.29, 1.82) is 0 Å². The fraction of sp³-hybridized carbons (Fsp3) is 0.138. The van der Waals surface area contributed by atoms with Gasteiger partial charge in [0.1, 0.15) is 18.1 Å². The number of aromatic nitrogens is 4. The molecule has 0 saturated carbocycles. The molecule has 0 saturated heterocycles. The Morgan fingerprint density at radius 2 is 1.81 bits per heavy atom. The number of para-hydroxylation sites is 1. The highest BCUT2D eigenvalue weighted by atomic mass is 127. The van der Waals surface area contributed by atoms with Crippen molar-refractivity contribution in [3.05, 3.63) is 111 Å². The largest absolute Gasteiger partial charge is 0.489 e. The predicted octanol–water partition coefficient (Wildman–Crippen LogP) is 5.47. The van der Waals surface area contributed by atoms with E-state index in [1.165, 1.54) is 0 Å². The highest BCUT2D eigenvalue weighted by molar-refractivity contribution is 14.1. The predicted molar refractivity (Wildman–Crippen MR) is 149 cm³/mol. The number of carbonyl (C=O) groups excluding carboxylic acids is 1. The number of rotatable bonds is 5. The van der Waals surface area contributed by atoms with Gasteiger partial charge in [-0.25, -0.2) is 9.97 Å². The van der Waals surface area contributed by atoms with Gasteiger partial charge < -0.3 is 9.64 Å². The Hall–Kier alpha value is -3.92. The van der Waals surface area contributed by atoms with E-state index < -0.39 is 0 Å². The van der Waals surface area contributed by atoms with E-state index in [1.54, 1.807) is 23.4 Å². The number of nitrogens with zero attached hydrogens (tertiary/aromatic N) is 5. The van der Waals surface area contributed by atoms with Gasteiger partial charge in [-0.3, -0.25) is 14.8 Å². The van der Waals surface area contributed by atoms with Crippen LogP contribution in [0.3, 0.4) is 0 Å². The molecule has 0 unspecified atom stereocenters. The third-order valence-electron chi connectivity index (χ3n) is 6.34. The maximum Gasteiger partial charge on any atom is 0.272 e. The average Bonchev–Trinajstić information content (AvgIpc) is 2.96. The second-order valence-electron chi connectivity index (χ2n) is 8.85. The molecule has 8 heteroatoms. The first-order valence-electron chi connectivity index (χ1n) is 11.9. The summed E-state index contributed by atoms with van der Waals surface area (Å²) in [6, 6.07) is 21.5.